The van der Waals surface area contributed by atoms with E-state index in [4.69, 9.17) is 4.74 Å². The van der Waals surface area contributed by atoms with E-state index in [1.807, 2.05) is 11.2 Å². The summed E-state index contributed by atoms with van der Waals surface area (Å²) in [5.41, 5.74) is 0. The van der Waals surface area contributed by atoms with Gasteiger partial charge in [0.1, 0.15) is 0 Å². The van der Waals surface area contributed by atoms with Gasteiger partial charge in [-0.2, -0.15) is 11.8 Å². The van der Waals surface area contributed by atoms with E-state index < -0.39 is 0 Å². The third-order valence-electron chi connectivity index (χ3n) is 2.61. The lowest BCUT2D eigenvalue weighted by Gasteiger charge is -2.15. The van der Waals surface area contributed by atoms with E-state index in [0.717, 1.165) is 39.1 Å². The summed E-state index contributed by atoms with van der Waals surface area (Å²) in [6.45, 7) is 5.58. The molecule has 1 aliphatic rings. The molecule has 0 aliphatic carbocycles. The van der Waals surface area contributed by atoms with Gasteiger partial charge in [0.2, 0.25) is 5.91 Å². The Kier molecular flexibility index (Phi) is 6.10. The zero-order chi connectivity index (χ0) is 11.1. The van der Waals surface area contributed by atoms with Crippen molar-refractivity contribution in [3.63, 3.8) is 0 Å². The number of carbonyl (C=O) groups excluding carboxylic acids is 1. The summed E-state index contributed by atoms with van der Waals surface area (Å²) in [6, 6.07) is 0. The topological polar surface area (TPSA) is 29.5 Å². The van der Waals surface area contributed by atoms with Crippen molar-refractivity contribution in [1.82, 2.24) is 4.90 Å². The number of ether oxygens (including phenoxy) is 1. The summed E-state index contributed by atoms with van der Waals surface area (Å²) >= 11 is 1.60. The second kappa shape index (κ2) is 7.12. The summed E-state index contributed by atoms with van der Waals surface area (Å²) in [6.07, 6.45) is 4.14. The number of hydrogen-bond acceptors (Lipinski definition) is 3. The van der Waals surface area contributed by atoms with E-state index in [-0.39, 0.29) is 5.91 Å². The highest BCUT2D eigenvalue weighted by molar-refractivity contribution is 7.99. The Hall–Kier alpha value is -0.220. The molecule has 3 nitrogen and oxygen atoms in total. The average Bonchev–Trinajstić information content (AvgIpc) is 2.67. The van der Waals surface area contributed by atoms with Crippen LogP contribution in [0.1, 0.15) is 19.8 Å². The first-order valence-corrected chi connectivity index (χ1v) is 7.01. The lowest BCUT2D eigenvalue weighted by Crippen LogP contribution is -2.30. The molecule has 1 heterocycles. The molecule has 1 amide bonds. The van der Waals surface area contributed by atoms with Crippen molar-refractivity contribution in [2.24, 2.45) is 5.92 Å². The number of thioether (sulfide) groups is 1. The monoisotopic (exact) mass is 231 g/mol. The van der Waals surface area contributed by atoms with Gasteiger partial charge < -0.3 is 9.64 Å². The van der Waals surface area contributed by atoms with E-state index in [9.17, 15) is 4.79 Å². The van der Waals surface area contributed by atoms with Crippen molar-refractivity contribution in [3.05, 3.63) is 0 Å². The molecule has 0 N–H and O–H groups in total. The zero-order valence-electron chi connectivity index (χ0n) is 9.70. The van der Waals surface area contributed by atoms with Crippen molar-refractivity contribution in [2.45, 2.75) is 19.8 Å². The second-order valence-electron chi connectivity index (χ2n) is 4.00. The average molecular weight is 231 g/mol. The van der Waals surface area contributed by atoms with Crippen LogP contribution in [0.15, 0.2) is 0 Å². The van der Waals surface area contributed by atoms with E-state index in [1.54, 1.807) is 11.8 Å². The fourth-order valence-electron chi connectivity index (χ4n) is 1.80. The number of rotatable bonds is 6. The Morgan fingerprint density at radius 1 is 1.60 bits per heavy atom. The SMILES string of the molecule is CCCOC[C@@H]1CCN(C(=O)CSC)C1. The smallest absolute Gasteiger partial charge is 0.232 e. The summed E-state index contributed by atoms with van der Waals surface area (Å²) < 4.78 is 5.51. The maximum atomic E-state index is 11.6. The largest absolute Gasteiger partial charge is 0.381 e. The molecule has 0 aromatic heterocycles. The van der Waals surface area contributed by atoms with Crippen LogP contribution in [0, 0.1) is 5.92 Å². The van der Waals surface area contributed by atoms with Gasteiger partial charge in [-0.1, -0.05) is 6.92 Å². The van der Waals surface area contributed by atoms with Gasteiger partial charge in [0.05, 0.1) is 12.4 Å². The number of hydrogen-bond donors (Lipinski definition) is 0. The van der Waals surface area contributed by atoms with Crippen LogP contribution in [0.3, 0.4) is 0 Å². The van der Waals surface area contributed by atoms with Crippen LogP contribution in [0.5, 0.6) is 0 Å². The molecule has 15 heavy (non-hydrogen) atoms. The van der Waals surface area contributed by atoms with Crippen LogP contribution in [0.2, 0.25) is 0 Å². The molecular formula is C11H21NO2S. The van der Waals surface area contributed by atoms with E-state index >= 15 is 0 Å². The van der Waals surface area contributed by atoms with Crippen molar-refractivity contribution < 1.29 is 9.53 Å². The van der Waals surface area contributed by atoms with Gasteiger partial charge >= 0.3 is 0 Å². The molecule has 0 aromatic carbocycles. The summed E-state index contributed by atoms with van der Waals surface area (Å²) in [5.74, 6) is 1.45. The highest BCUT2D eigenvalue weighted by atomic mass is 32.2. The number of amides is 1. The molecule has 0 bridgehead atoms. The van der Waals surface area contributed by atoms with Crippen LogP contribution >= 0.6 is 11.8 Å². The molecule has 88 valence electrons. The quantitative estimate of drug-likeness (QED) is 0.651. The summed E-state index contributed by atoms with van der Waals surface area (Å²) in [7, 11) is 0. The lowest BCUT2D eigenvalue weighted by atomic mass is 10.1. The third-order valence-corrected chi connectivity index (χ3v) is 3.14. The second-order valence-corrected chi connectivity index (χ2v) is 4.87. The van der Waals surface area contributed by atoms with Crippen LogP contribution in [0.25, 0.3) is 0 Å². The van der Waals surface area contributed by atoms with Crippen molar-refractivity contribution in [2.75, 3.05) is 38.3 Å². The van der Waals surface area contributed by atoms with Crippen LogP contribution < -0.4 is 0 Å². The van der Waals surface area contributed by atoms with E-state index in [2.05, 4.69) is 6.92 Å². The summed E-state index contributed by atoms with van der Waals surface area (Å²) in [4.78, 5) is 13.6. The van der Waals surface area contributed by atoms with Gasteiger partial charge in [0.15, 0.2) is 0 Å². The Morgan fingerprint density at radius 3 is 3.07 bits per heavy atom. The molecule has 1 rings (SSSR count). The molecule has 1 saturated heterocycles. The Morgan fingerprint density at radius 2 is 2.40 bits per heavy atom. The van der Waals surface area contributed by atoms with Gasteiger partial charge in [-0.15, -0.1) is 0 Å². The van der Waals surface area contributed by atoms with Gasteiger partial charge in [-0.3, -0.25) is 4.79 Å². The minimum atomic E-state index is 0.278. The molecular weight excluding hydrogens is 210 g/mol. The third kappa shape index (κ3) is 4.43. The fourth-order valence-corrected chi connectivity index (χ4v) is 2.23. The van der Waals surface area contributed by atoms with Crippen molar-refractivity contribution in [1.29, 1.82) is 0 Å². The molecule has 1 aliphatic heterocycles. The minimum absolute atomic E-state index is 0.278. The number of carbonyl (C=O) groups is 1. The molecule has 0 unspecified atom stereocenters. The Labute approximate surface area is 96.5 Å². The maximum absolute atomic E-state index is 11.6. The molecule has 0 spiro atoms. The van der Waals surface area contributed by atoms with Gasteiger partial charge in [0, 0.05) is 25.6 Å². The predicted octanol–water partition coefficient (Wildman–Crippen LogP) is 1.62. The van der Waals surface area contributed by atoms with Crippen LogP contribution in [0.4, 0.5) is 0 Å². The Balaban J connectivity index is 2.17. The number of likely N-dealkylation sites (tertiary alicyclic amines) is 1. The standard InChI is InChI=1S/C11H21NO2S/c1-3-6-14-8-10-4-5-12(7-10)11(13)9-15-2/h10H,3-9H2,1-2H3/t10-/m1/s1. The molecule has 0 aromatic rings. The zero-order valence-corrected chi connectivity index (χ0v) is 10.5. The first-order chi connectivity index (χ1) is 7.27. The van der Waals surface area contributed by atoms with E-state index in [0.29, 0.717) is 11.7 Å². The minimum Gasteiger partial charge on any atom is -0.381 e. The molecule has 0 saturated carbocycles. The number of nitrogens with zero attached hydrogens (tertiary/aromatic N) is 1. The first-order valence-electron chi connectivity index (χ1n) is 5.62. The molecule has 1 fully saturated rings. The van der Waals surface area contributed by atoms with Crippen LogP contribution in [-0.4, -0.2) is 49.1 Å². The summed E-state index contributed by atoms with van der Waals surface area (Å²) in [5, 5.41) is 0. The predicted molar refractivity (Wildman–Crippen MR) is 64.2 cm³/mol. The van der Waals surface area contributed by atoms with Gasteiger partial charge in [-0.25, -0.2) is 0 Å². The fraction of sp³-hybridized carbons (Fsp3) is 0.909. The highest BCUT2D eigenvalue weighted by Gasteiger charge is 2.25. The van der Waals surface area contributed by atoms with Crippen molar-refractivity contribution >= 4 is 17.7 Å². The molecule has 1 atom stereocenters. The van der Waals surface area contributed by atoms with Crippen LogP contribution in [-0.2, 0) is 9.53 Å². The van der Waals surface area contributed by atoms with E-state index in [1.165, 1.54) is 0 Å². The first kappa shape index (κ1) is 12.8. The highest BCUT2D eigenvalue weighted by Crippen LogP contribution is 2.17. The van der Waals surface area contributed by atoms with Gasteiger partial charge in [0.25, 0.3) is 0 Å². The molecule has 4 heteroatoms. The normalized spacial score (nSPS) is 20.9. The lowest BCUT2D eigenvalue weighted by molar-refractivity contribution is -0.127. The van der Waals surface area contributed by atoms with Crippen molar-refractivity contribution in [3.8, 4) is 0 Å². The maximum Gasteiger partial charge on any atom is 0.232 e. The Bertz CT molecular complexity index is 199. The molecule has 0 radical (unpaired) electrons. The van der Waals surface area contributed by atoms with Gasteiger partial charge in [-0.05, 0) is 19.1 Å².